The van der Waals surface area contributed by atoms with Crippen LogP contribution in [0.25, 0.3) is 10.8 Å². The third kappa shape index (κ3) is 2.46. The summed E-state index contributed by atoms with van der Waals surface area (Å²) < 4.78 is 5.45. The van der Waals surface area contributed by atoms with Crippen molar-refractivity contribution in [3.8, 4) is 11.9 Å². The molecular formula is C23H21N7O2. The summed E-state index contributed by atoms with van der Waals surface area (Å²) in [6.45, 7) is 1.68. The van der Waals surface area contributed by atoms with Crippen molar-refractivity contribution in [3.63, 3.8) is 0 Å². The molecule has 1 saturated heterocycles. The molecule has 0 bridgehead atoms. The first-order valence-corrected chi connectivity index (χ1v) is 10.7. The van der Waals surface area contributed by atoms with E-state index in [4.69, 9.17) is 9.72 Å². The molecule has 1 atom stereocenters. The minimum absolute atomic E-state index is 0.243. The second-order valence-corrected chi connectivity index (χ2v) is 8.25. The molecule has 1 aromatic carbocycles. The monoisotopic (exact) mass is 427 g/mol. The molecule has 32 heavy (non-hydrogen) atoms. The van der Waals surface area contributed by atoms with Crippen LogP contribution in [-0.2, 0) is 10.5 Å². The predicted octanol–water partition coefficient (Wildman–Crippen LogP) is 3.14. The maximum absolute atomic E-state index is 13.2. The van der Waals surface area contributed by atoms with E-state index in [1.54, 1.807) is 6.07 Å². The molecule has 3 aliphatic heterocycles. The average molecular weight is 427 g/mol. The number of carbonyl (C=O) groups is 1. The summed E-state index contributed by atoms with van der Waals surface area (Å²) in [5, 5.41) is 21.0. The van der Waals surface area contributed by atoms with Gasteiger partial charge in [-0.3, -0.25) is 4.79 Å². The number of methoxy groups -OCH3 is 1. The van der Waals surface area contributed by atoms with Gasteiger partial charge in [-0.15, -0.1) is 0 Å². The number of amides is 1. The first-order chi connectivity index (χ1) is 15.6. The Morgan fingerprint density at radius 3 is 2.62 bits per heavy atom. The number of anilines is 4. The van der Waals surface area contributed by atoms with Crippen LogP contribution in [0.3, 0.4) is 0 Å². The molecule has 1 fully saturated rings. The maximum Gasteiger partial charge on any atom is 0.275 e. The Morgan fingerprint density at radius 1 is 1.12 bits per heavy atom. The average Bonchev–Trinajstić information content (AvgIpc) is 3.09. The molecule has 6 rings (SSSR count). The molecule has 1 spiro atoms. The van der Waals surface area contributed by atoms with Crippen LogP contribution in [-0.4, -0.2) is 36.1 Å². The molecule has 160 valence electrons. The van der Waals surface area contributed by atoms with E-state index >= 15 is 0 Å². The van der Waals surface area contributed by atoms with Crippen molar-refractivity contribution in [3.05, 3.63) is 41.5 Å². The maximum atomic E-state index is 13.2. The van der Waals surface area contributed by atoms with Crippen LogP contribution < -0.4 is 25.6 Å². The lowest BCUT2D eigenvalue weighted by Crippen LogP contribution is -2.51. The lowest BCUT2D eigenvalue weighted by Gasteiger charge is -2.37. The second-order valence-electron chi connectivity index (χ2n) is 8.25. The highest BCUT2D eigenvalue weighted by atomic mass is 16.5. The zero-order chi connectivity index (χ0) is 21.9. The van der Waals surface area contributed by atoms with Crippen LogP contribution in [0.1, 0.15) is 30.4 Å². The van der Waals surface area contributed by atoms with E-state index < -0.39 is 5.66 Å². The van der Waals surface area contributed by atoms with Gasteiger partial charge in [0.2, 0.25) is 11.5 Å². The summed E-state index contributed by atoms with van der Waals surface area (Å²) in [7, 11) is 1.54. The number of hydrogen-bond acceptors (Lipinski definition) is 8. The third-order valence-electron chi connectivity index (χ3n) is 6.45. The lowest BCUT2D eigenvalue weighted by molar-refractivity contribution is -0.119. The highest BCUT2D eigenvalue weighted by molar-refractivity contribution is 6.15. The lowest BCUT2D eigenvalue weighted by atomic mass is 9.96. The summed E-state index contributed by atoms with van der Waals surface area (Å²) >= 11 is 0. The van der Waals surface area contributed by atoms with Gasteiger partial charge in [-0.1, -0.05) is 18.2 Å². The van der Waals surface area contributed by atoms with Crippen molar-refractivity contribution in [2.45, 2.75) is 24.9 Å². The predicted molar refractivity (Wildman–Crippen MR) is 121 cm³/mol. The number of carbonyl (C=O) groups excluding carboxylic acids is 1. The fourth-order valence-electron chi connectivity index (χ4n) is 4.92. The minimum atomic E-state index is -1.25. The van der Waals surface area contributed by atoms with Gasteiger partial charge >= 0.3 is 0 Å². The molecule has 1 amide bonds. The molecule has 9 heteroatoms. The molecule has 2 aromatic heterocycles. The summed E-state index contributed by atoms with van der Waals surface area (Å²) in [5.41, 5.74) is 0.725. The smallest absolute Gasteiger partial charge is 0.275 e. The second kappa shape index (κ2) is 6.72. The molecule has 5 heterocycles. The number of benzene rings is 1. The topological polar surface area (TPSA) is 115 Å². The van der Waals surface area contributed by atoms with E-state index in [1.807, 2.05) is 24.3 Å². The van der Waals surface area contributed by atoms with Crippen molar-refractivity contribution in [2.24, 2.45) is 0 Å². The molecule has 0 unspecified atom stereocenters. The molecule has 0 aliphatic carbocycles. The summed E-state index contributed by atoms with van der Waals surface area (Å²) in [4.78, 5) is 24.8. The van der Waals surface area contributed by atoms with E-state index in [9.17, 15) is 10.1 Å². The summed E-state index contributed by atoms with van der Waals surface area (Å²) in [5.74, 6) is 1.73. The third-order valence-corrected chi connectivity index (χ3v) is 6.45. The fraction of sp³-hybridized carbons (Fsp3) is 0.304. The Bertz CT molecular complexity index is 1330. The van der Waals surface area contributed by atoms with Gasteiger partial charge in [-0.25, -0.2) is 4.98 Å². The van der Waals surface area contributed by atoms with Crippen molar-refractivity contribution in [2.75, 3.05) is 41.0 Å². The molecule has 3 N–H and O–H groups in total. The van der Waals surface area contributed by atoms with E-state index in [0.29, 0.717) is 39.7 Å². The van der Waals surface area contributed by atoms with Crippen LogP contribution in [0.2, 0.25) is 0 Å². The summed E-state index contributed by atoms with van der Waals surface area (Å²) in [6, 6.07) is 11.6. The van der Waals surface area contributed by atoms with Crippen molar-refractivity contribution < 1.29 is 9.53 Å². The van der Waals surface area contributed by atoms with Crippen molar-refractivity contribution in [1.82, 2.24) is 9.97 Å². The van der Waals surface area contributed by atoms with Gasteiger partial charge in [0.15, 0.2) is 0 Å². The highest BCUT2D eigenvalue weighted by Crippen LogP contribution is 2.47. The number of fused-ring (bicyclic) bond motifs is 2. The van der Waals surface area contributed by atoms with E-state index in [-0.39, 0.29) is 5.91 Å². The van der Waals surface area contributed by atoms with Crippen LogP contribution in [0.5, 0.6) is 5.88 Å². The van der Waals surface area contributed by atoms with Crippen LogP contribution in [0.15, 0.2) is 30.3 Å². The van der Waals surface area contributed by atoms with Gasteiger partial charge in [0.25, 0.3) is 5.91 Å². The number of aromatic nitrogens is 2. The van der Waals surface area contributed by atoms with Gasteiger partial charge in [0.1, 0.15) is 29.1 Å². The number of nitrogens with one attached hydrogen (secondary N) is 3. The normalized spacial score (nSPS) is 20.9. The molecule has 3 aromatic rings. The molecule has 0 radical (unpaired) electrons. The summed E-state index contributed by atoms with van der Waals surface area (Å²) in [6.07, 6.45) is 3.28. The van der Waals surface area contributed by atoms with Crippen LogP contribution >= 0.6 is 0 Å². The number of piperidine rings is 1. The standard InChI is InChI=1S/C23H21N7O2/c1-32-17-11-13-14(12-24)21(30-9-5-2-6-10-30)27-20-18(13)19(26-17)28-23(29-20)15-7-3-4-8-16(15)25-22(23)31/h3-4,7-8,11H,2,5-6,9-10H2,1H3,(H,25,31)(H,26,28)(H,27,29)/t23-/m1/s1. The Labute approximate surface area is 184 Å². The Morgan fingerprint density at radius 2 is 1.88 bits per heavy atom. The van der Waals surface area contributed by atoms with Crippen molar-refractivity contribution in [1.29, 1.82) is 5.26 Å². The van der Waals surface area contributed by atoms with E-state index in [1.165, 1.54) is 13.5 Å². The highest BCUT2D eigenvalue weighted by Gasteiger charge is 2.50. The minimum Gasteiger partial charge on any atom is -0.481 e. The number of pyridine rings is 2. The van der Waals surface area contributed by atoms with Gasteiger partial charge < -0.3 is 25.6 Å². The van der Waals surface area contributed by atoms with Gasteiger partial charge in [0, 0.05) is 35.8 Å². The number of hydrogen-bond donors (Lipinski definition) is 3. The van der Waals surface area contributed by atoms with Crippen LogP contribution in [0, 0.1) is 11.3 Å². The Kier molecular flexibility index (Phi) is 3.92. The Balaban J connectivity index is 1.62. The zero-order valence-corrected chi connectivity index (χ0v) is 17.5. The number of ether oxygens (including phenoxy) is 1. The van der Waals surface area contributed by atoms with Crippen molar-refractivity contribution >= 4 is 39.8 Å². The zero-order valence-electron chi connectivity index (χ0n) is 17.5. The van der Waals surface area contributed by atoms with E-state index in [0.717, 1.165) is 37.2 Å². The van der Waals surface area contributed by atoms with Crippen LogP contribution in [0.4, 0.5) is 23.1 Å². The number of nitriles is 1. The van der Waals surface area contributed by atoms with Gasteiger partial charge in [0.05, 0.1) is 12.5 Å². The fourth-order valence-corrected chi connectivity index (χ4v) is 4.92. The molecule has 9 nitrogen and oxygen atoms in total. The number of rotatable bonds is 2. The van der Waals surface area contributed by atoms with E-state index in [2.05, 4.69) is 31.9 Å². The SMILES string of the molecule is COc1cc2c(C#N)c(N3CCCCC3)nc3c2c(n1)N[C@]1(N3)C(=O)Nc2ccccc21. The molecular weight excluding hydrogens is 406 g/mol. The molecule has 3 aliphatic rings. The molecule has 0 saturated carbocycles. The Hall–Kier alpha value is -4.06. The number of nitrogens with zero attached hydrogens (tertiary/aromatic N) is 4. The van der Waals surface area contributed by atoms with Gasteiger partial charge in [-0.2, -0.15) is 10.2 Å². The largest absolute Gasteiger partial charge is 0.481 e. The first-order valence-electron chi connectivity index (χ1n) is 10.7. The quantitative estimate of drug-likeness (QED) is 0.571. The van der Waals surface area contributed by atoms with Gasteiger partial charge in [-0.05, 0) is 25.3 Å². The first kappa shape index (κ1) is 18.7. The number of para-hydroxylation sites is 1.